The molecule has 0 heterocycles. The zero-order chi connectivity index (χ0) is 13.9. The molecule has 0 aliphatic rings. The maximum atomic E-state index is 13.8. The van der Waals surface area contributed by atoms with E-state index < -0.39 is 5.82 Å². The molecule has 0 aliphatic heterocycles. The van der Waals surface area contributed by atoms with Crippen LogP contribution in [0.4, 0.5) is 4.39 Å². The molecule has 0 atom stereocenters. The van der Waals surface area contributed by atoms with Gasteiger partial charge >= 0.3 is 0 Å². The molecule has 100 valence electrons. The zero-order valence-electron chi connectivity index (χ0n) is 11.5. The maximum Gasteiger partial charge on any atom is 0.166 e. The standard InChI is InChI=1S/C14H19FO3/c1-14(2,3)8-11(16)9-6-12(17-4)13(18-5)7-10(9)15/h6-7H,8H2,1-5H3. The van der Waals surface area contributed by atoms with Crippen LogP contribution in [0.15, 0.2) is 12.1 Å². The minimum absolute atomic E-state index is 0.0441. The van der Waals surface area contributed by atoms with E-state index in [1.54, 1.807) is 0 Å². The highest BCUT2D eigenvalue weighted by Crippen LogP contribution is 2.31. The first-order valence-corrected chi connectivity index (χ1v) is 5.73. The van der Waals surface area contributed by atoms with Crippen LogP contribution in [0.2, 0.25) is 0 Å². The molecule has 0 amide bonds. The molecular formula is C14H19FO3. The van der Waals surface area contributed by atoms with Gasteiger partial charge < -0.3 is 9.47 Å². The van der Waals surface area contributed by atoms with Gasteiger partial charge in [0, 0.05) is 12.5 Å². The van der Waals surface area contributed by atoms with Crippen molar-refractivity contribution < 1.29 is 18.7 Å². The third-order valence-corrected chi connectivity index (χ3v) is 2.46. The second-order valence-corrected chi connectivity index (χ2v) is 5.35. The molecule has 4 heteroatoms. The first-order valence-electron chi connectivity index (χ1n) is 5.73. The van der Waals surface area contributed by atoms with E-state index in [0.29, 0.717) is 5.75 Å². The predicted molar refractivity (Wildman–Crippen MR) is 67.9 cm³/mol. The van der Waals surface area contributed by atoms with E-state index in [1.165, 1.54) is 26.4 Å². The number of ether oxygens (including phenoxy) is 2. The lowest BCUT2D eigenvalue weighted by atomic mass is 9.87. The molecule has 1 aromatic carbocycles. The molecule has 0 radical (unpaired) electrons. The summed E-state index contributed by atoms with van der Waals surface area (Å²) in [5, 5.41) is 0. The van der Waals surface area contributed by atoms with E-state index in [1.807, 2.05) is 20.8 Å². The molecule has 0 spiro atoms. The third-order valence-electron chi connectivity index (χ3n) is 2.46. The molecule has 0 saturated carbocycles. The normalized spacial score (nSPS) is 11.2. The van der Waals surface area contributed by atoms with Crippen molar-refractivity contribution in [2.75, 3.05) is 14.2 Å². The van der Waals surface area contributed by atoms with Crippen molar-refractivity contribution in [1.82, 2.24) is 0 Å². The van der Waals surface area contributed by atoms with Crippen molar-refractivity contribution in [2.45, 2.75) is 27.2 Å². The molecule has 18 heavy (non-hydrogen) atoms. The Hall–Kier alpha value is -1.58. The Morgan fingerprint density at radius 2 is 1.67 bits per heavy atom. The van der Waals surface area contributed by atoms with Crippen molar-refractivity contribution >= 4 is 5.78 Å². The summed E-state index contributed by atoms with van der Waals surface area (Å²) < 4.78 is 23.9. The quantitative estimate of drug-likeness (QED) is 0.772. The molecule has 1 rings (SSSR count). The Morgan fingerprint density at radius 1 is 1.17 bits per heavy atom. The molecular weight excluding hydrogens is 235 g/mol. The van der Waals surface area contributed by atoms with Crippen LogP contribution in [0.25, 0.3) is 0 Å². The van der Waals surface area contributed by atoms with Gasteiger partial charge in [-0.05, 0) is 11.5 Å². The third kappa shape index (κ3) is 3.45. The molecule has 0 unspecified atom stereocenters. The van der Waals surface area contributed by atoms with Crippen molar-refractivity contribution in [3.05, 3.63) is 23.5 Å². The van der Waals surface area contributed by atoms with Crippen molar-refractivity contribution in [3.63, 3.8) is 0 Å². The minimum Gasteiger partial charge on any atom is -0.493 e. The monoisotopic (exact) mass is 254 g/mol. The number of carbonyl (C=O) groups excluding carboxylic acids is 1. The second-order valence-electron chi connectivity index (χ2n) is 5.35. The number of rotatable bonds is 4. The number of carbonyl (C=O) groups is 1. The number of methoxy groups -OCH3 is 2. The predicted octanol–water partition coefficient (Wildman–Crippen LogP) is 3.46. The van der Waals surface area contributed by atoms with E-state index in [0.717, 1.165) is 0 Å². The summed E-state index contributed by atoms with van der Waals surface area (Å²) in [4.78, 5) is 12.0. The zero-order valence-corrected chi connectivity index (χ0v) is 11.5. The highest BCUT2D eigenvalue weighted by atomic mass is 19.1. The Morgan fingerprint density at radius 3 is 2.11 bits per heavy atom. The summed E-state index contributed by atoms with van der Waals surface area (Å²) in [5.74, 6) is -0.179. The van der Waals surface area contributed by atoms with Crippen molar-refractivity contribution in [3.8, 4) is 11.5 Å². The summed E-state index contributed by atoms with van der Waals surface area (Å²) in [5.41, 5.74) is -0.140. The van der Waals surface area contributed by atoms with Crippen LogP contribution in [0.3, 0.4) is 0 Å². The lowest BCUT2D eigenvalue weighted by Crippen LogP contribution is -2.14. The van der Waals surface area contributed by atoms with Crippen LogP contribution in [0, 0.1) is 11.2 Å². The van der Waals surface area contributed by atoms with Crippen LogP contribution in [0.5, 0.6) is 11.5 Å². The fourth-order valence-electron chi connectivity index (χ4n) is 1.64. The first kappa shape index (κ1) is 14.5. The SMILES string of the molecule is COc1cc(F)c(C(=O)CC(C)(C)C)cc1OC. The van der Waals surface area contributed by atoms with Crippen LogP contribution in [-0.4, -0.2) is 20.0 Å². The molecule has 0 aromatic heterocycles. The maximum absolute atomic E-state index is 13.8. The number of ketones is 1. The highest BCUT2D eigenvalue weighted by molar-refractivity contribution is 5.97. The minimum atomic E-state index is -0.582. The number of hydrogen-bond donors (Lipinski definition) is 0. The topological polar surface area (TPSA) is 35.5 Å². The Labute approximate surface area is 107 Å². The number of benzene rings is 1. The van der Waals surface area contributed by atoms with Gasteiger partial charge in [0.05, 0.1) is 19.8 Å². The summed E-state index contributed by atoms with van der Waals surface area (Å²) in [7, 11) is 2.88. The number of Topliss-reactive ketones (excluding diaryl/α,β-unsaturated/α-hetero) is 1. The average molecular weight is 254 g/mol. The second kappa shape index (κ2) is 5.38. The van der Waals surface area contributed by atoms with Gasteiger partial charge in [0.1, 0.15) is 5.82 Å². The summed E-state index contributed by atoms with van der Waals surface area (Å²) >= 11 is 0. The lowest BCUT2D eigenvalue weighted by Gasteiger charge is -2.17. The molecule has 0 N–H and O–H groups in total. The van der Waals surface area contributed by atoms with Crippen molar-refractivity contribution in [2.24, 2.45) is 5.41 Å². The fourth-order valence-corrected chi connectivity index (χ4v) is 1.64. The van der Waals surface area contributed by atoms with E-state index in [9.17, 15) is 9.18 Å². The van der Waals surface area contributed by atoms with Gasteiger partial charge in [-0.25, -0.2) is 4.39 Å². The summed E-state index contributed by atoms with van der Waals surface area (Å²) in [6.07, 6.45) is 0.277. The molecule has 3 nitrogen and oxygen atoms in total. The highest BCUT2D eigenvalue weighted by Gasteiger charge is 2.22. The average Bonchev–Trinajstić information content (AvgIpc) is 2.26. The number of halogens is 1. The van der Waals surface area contributed by atoms with E-state index >= 15 is 0 Å². The summed E-state index contributed by atoms with van der Waals surface area (Å²) in [6, 6.07) is 2.57. The van der Waals surface area contributed by atoms with Gasteiger partial charge in [-0.15, -0.1) is 0 Å². The molecule has 1 aromatic rings. The Kier molecular flexibility index (Phi) is 4.33. The largest absolute Gasteiger partial charge is 0.493 e. The number of hydrogen-bond acceptors (Lipinski definition) is 3. The van der Waals surface area contributed by atoms with E-state index in [-0.39, 0.29) is 28.9 Å². The van der Waals surface area contributed by atoms with Gasteiger partial charge in [0.25, 0.3) is 0 Å². The molecule has 0 aliphatic carbocycles. The van der Waals surface area contributed by atoms with Crippen LogP contribution < -0.4 is 9.47 Å². The van der Waals surface area contributed by atoms with Gasteiger partial charge in [-0.1, -0.05) is 20.8 Å². The molecule has 0 saturated heterocycles. The van der Waals surface area contributed by atoms with Crippen LogP contribution in [-0.2, 0) is 0 Å². The lowest BCUT2D eigenvalue weighted by molar-refractivity contribution is 0.0935. The fraction of sp³-hybridized carbons (Fsp3) is 0.500. The van der Waals surface area contributed by atoms with E-state index in [2.05, 4.69) is 0 Å². The Bertz CT molecular complexity index is 447. The first-order chi connectivity index (χ1) is 8.28. The smallest absolute Gasteiger partial charge is 0.166 e. The van der Waals surface area contributed by atoms with Crippen LogP contribution >= 0.6 is 0 Å². The van der Waals surface area contributed by atoms with Crippen LogP contribution in [0.1, 0.15) is 37.6 Å². The van der Waals surface area contributed by atoms with Gasteiger partial charge in [-0.3, -0.25) is 4.79 Å². The van der Waals surface area contributed by atoms with Gasteiger partial charge in [0.2, 0.25) is 0 Å². The molecule has 0 bridgehead atoms. The van der Waals surface area contributed by atoms with Gasteiger partial charge in [0.15, 0.2) is 17.3 Å². The van der Waals surface area contributed by atoms with Crippen molar-refractivity contribution in [1.29, 1.82) is 0 Å². The molecule has 0 fully saturated rings. The van der Waals surface area contributed by atoms with E-state index in [4.69, 9.17) is 9.47 Å². The Balaban J connectivity index is 3.13. The van der Waals surface area contributed by atoms with Gasteiger partial charge in [-0.2, -0.15) is 0 Å². The summed E-state index contributed by atoms with van der Waals surface area (Å²) in [6.45, 7) is 5.80.